The van der Waals surface area contributed by atoms with E-state index < -0.39 is 0 Å². The molecule has 0 saturated heterocycles. The number of nitrogens with two attached hydrogens (primary N) is 1. The second-order valence-electron chi connectivity index (χ2n) is 4.45. The van der Waals surface area contributed by atoms with Gasteiger partial charge in [0.05, 0.1) is 12.3 Å². The summed E-state index contributed by atoms with van der Waals surface area (Å²) in [6.45, 7) is 4.16. The van der Waals surface area contributed by atoms with Gasteiger partial charge in [-0.3, -0.25) is 0 Å². The second-order valence-corrected chi connectivity index (χ2v) is 5.31. The van der Waals surface area contributed by atoms with Crippen LogP contribution in [0, 0.1) is 0 Å². The van der Waals surface area contributed by atoms with E-state index in [1.165, 1.54) is 12.0 Å². The van der Waals surface area contributed by atoms with E-state index in [2.05, 4.69) is 36.2 Å². The molecule has 4 heteroatoms. The summed E-state index contributed by atoms with van der Waals surface area (Å²) in [6, 6.07) is 8.37. The zero-order valence-corrected chi connectivity index (χ0v) is 12.1. The lowest BCUT2D eigenvalue weighted by Gasteiger charge is -2.05. The van der Waals surface area contributed by atoms with E-state index in [0.29, 0.717) is 13.2 Å². The van der Waals surface area contributed by atoms with Crippen molar-refractivity contribution >= 4 is 11.3 Å². The van der Waals surface area contributed by atoms with E-state index in [1.54, 1.807) is 11.3 Å². The van der Waals surface area contributed by atoms with Crippen molar-refractivity contribution in [2.75, 3.05) is 6.61 Å². The average Bonchev–Trinajstić information content (AvgIpc) is 2.93. The minimum atomic E-state index is 0.496. The third-order valence-corrected chi connectivity index (χ3v) is 3.79. The first-order chi connectivity index (χ1) is 9.33. The summed E-state index contributed by atoms with van der Waals surface area (Å²) in [5, 5.41) is 3.04. The van der Waals surface area contributed by atoms with Crippen LogP contribution in [0.3, 0.4) is 0 Å². The lowest BCUT2D eigenvalue weighted by Crippen LogP contribution is -1.96. The second kappa shape index (κ2) is 7.38. The maximum Gasteiger partial charge on any atom is 0.123 e. The van der Waals surface area contributed by atoms with Crippen molar-refractivity contribution < 1.29 is 4.74 Å². The third-order valence-electron chi connectivity index (χ3n) is 2.85. The normalized spacial score (nSPS) is 10.8. The highest BCUT2D eigenvalue weighted by atomic mass is 32.1. The molecule has 0 unspecified atom stereocenters. The van der Waals surface area contributed by atoms with Crippen molar-refractivity contribution in [2.24, 2.45) is 5.73 Å². The van der Waals surface area contributed by atoms with Crippen LogP contribution in [0.15, 0.2) is 29.6 Å². The Morgan fingerprint density at radius 1 is 1.37 bits per heavy atom. The zero-order valence-electron chi connectivity index (χ0n) is 11.3. The van der Waals surface area contributed by atoms with Gasteiger partial charge in [0.15, 0.2) is 0 Å². The van der Waals surface area contributed by atoms with Crippen LogP contribution in [-0.2, 0) is 17.9 Å². The number of hydrogen-bond donors (Lipinski definition) is 1. The highest BCUT2D eigenvalue weighted by Gasteiger charge is 2.04. The van der Waals surface area contributed by atoms with Gasteiger partial charge < -0.3 is 10.5 Å². The summed E-state index contributed by atoms with van der Waals surface area (Å²) >= 11 is 1.64. The first-order valence-electron chi connectivity index (χ1n) is 6.65. The number of rotatable bonds is 7. The minimum Gasteiger partial charge on any atom is -0.377 e. The van der Waals surface area contributed by atoms with Crippen molar-refractivity contribution in [3.63, 3.8) is 0 Å². The molecule has 0 atom stereocenters. The third kappa shape index (κ3) is 4.13. The number of aromatic nitrogens is 1. The molecule has 1 aromatic heterocycles. The Morgan fingerprint density at radius 2 is 2.26 bits per heavy atom. The smallest absolute Gasteiger partial charge is 0.123 e. The standard InChI is InChI=1S/C15H20N2OS/c1-2-3-7-18-10-12-5-4-6-13(8-12)15-17-14(9-16)11-19-15/h4-6,8,11H,2-3,7,9-10,16H2,1H3. The molecule has 0 aliphatic heterocycles. The Balaban J connectivity index is 2.02. The molecule has 0 spiro atoms. The van der Waals surface area contributed by atoms with Gasteiger partial charge in [-0.1, -0.05) is 31.5 Å². The van der Waals surface area contributed by atoms with E-state index >= 15 is 0 Å². The van der Waals surface area contributed by atoms with Gasteiger partial charge in [0.2, 0.25) is 0 Å². The maximum absolute atomic E-state index is 5.64. The van der Waals surface area contributed by atoms with Crippen LogP contribution in [0.5, 0.6) is 0 Å². The molecule has 2 rings (SSSR count). The van der Waals surface area contributed by atoms with E-state index in [-0.39, 0.29) is 0 Å². The first kappa shape index (κ1) is 14.2. The van der Waals surface area contributed by atoms with Gasteiger partial charge in [0.1, 0.15) is 5.01 Å². The van der Waals surface area contributed by atoms with Crippen molar-refractivity contribution in [3.05, 3.63) is 40.9 Å². The molecule has 1 heterocycles. The van der Waals surface area contributed by atoms with Gasteiger partial charge >= 0.3 is 0 Å². The first-order valence-corrected chi connectivity index (χ1v) is 7.53. The number of thiazole rings is 1. The molecular formula is C15H20N2OS. The number of benzene rings is 1. The van der Waals surface area contributed by atoms with Crippen molar-refractivity contribution in [1.82, 2.24) is 4.98 Å². The number of ether oxygens (including phenoxy) is 1. The van der Waals surface area contributed by atoms with E-state index in [9.17, 15) is 0 Å². The summed E-state index contributed by atoms with van der Waals surface area (Å²) in [5.74, 6) is 0. The Kier molecular flexibility index (Phi) is 5.51. The molecule has 102 valence electrons. The molecule has 0 amide bonds. The van der Waals surface area contributed by atoms with Gasteiger partial charge in [-0.15, -0.1) is 11.3 Å². The summed E-state index contributed by atoms with van der Waals surface area (Å²) in [7, 11) is 0. The van der Waals surface area contributed by atoms with Gasteiger partial charge in [-0.25, -0.2) is 4.98 Å². The van der Waals surface area contributed by atoms with E-state index in [1.807, 2.05) is 5.38 Å². The molecule has 0 radical (unpaired) electrons. The number of nitrogens with zero attached hydrogens (tertiary/aromatic N) is 1. The fraction of sp³-hybridized carbons (Fsp3) is 0.400. The van der Waals surface area contributed by atoms with Crippen LogP contribution in [0.25, 0.3) is 10.6 Å². The molecule has 0 fully saturated rings. The molecule has 1 aromatic carbocycles. The molecule has 2 N–H and O–H groups in total. The van der Waals surface area contributed by atoms with Crippen LogP contribution in [0.1, 0.15) is 31.0 Å². The minimum absolute atomic E-state index is 0.496. The largest absolute Gasteiger partial charge is 0.377 e. The molecular weight excluding hydrogens is 256 g/mol. The molecule has 0 saturated carbocycles. The number of hydrogen-bond acceptors (Lipinski definition) is 4. The van der Waals surface area contributed by atoms with Gasteiger partial charge in [-0.05, 0) is 18.1 Å². The molecule has 19 heavy (non-hydrogen) atoms. The Bertz CT molecular complexity index is 510. The summed E-state index contributed by atoms with van der Waals surface area (Å²) < 4.78 is 5.64. The predicted octanol–water partition coefficient (Wildman–Crippen LogP) is 3.59. The Morgan fingerprint density at radius 3 is 3.00 bits per heavy atom. The monoisotopic (exact) mass is 276 g/mol. The van der Waals surface area contributed by atoms with Gasteiger partial charge in [0, 0.05) is 24.1 Å². The Labute approximate surface area is 118 Å². The summed E-state index contributed by atoms with van der Waals surface area (Å²) in [5.41, 5.74) is 8.87. The van der Waals surface area contributed by atoms with Gasteiger partial charge in [-0.2, -0.15) is 0 Å². The molecule has 0 bridgehead atoms. The molecule has 0 aliphatic carbocycles. The SMILES string of the molecule is CCCCOCc1cccc(-c2nc(CN)cs2)c1. The van der Waals surface area contributed by atoms with Crippen molar-refractivity contribution in [2.45, 2.75) is 32.9 Å². The topological polar surface area (TPSA) is 48.1 Å². The molecule has 3 nitrogen and oxygen atoms in total. The summed E-state index contributed by atoms with van der Waals surface area (Å²) in [6.07, 6.45) is 2.28. The lowest BCUT2D eigenvalue weighted by molar-refractivity contribution is 0.118. The average molecular weight is 276 g/mol. The van der Waals surface area contributed by atoms with Crippen LogP contribution < -0.4 is 5.73 Å². The maximum atomic E-state index is 5.64. The molecule has 0 aliphatic rings. The van der Waals surface area contributed by atoms with Crippen LogP contribution in [0.4, 0.5) is 0 Å². The highest BCUT2D eigenvalue weighted by Crippen LogP contribution is 2.24. The van der Waals surface area contributed by atoms with E-state index in [4.69, 9.17) is 10.5 Å². The van der Waals surface area contributed by atoms with Crippen molar-refractivity contribution in [3.8, 4) is 10.6 Å². The Hall–Kier alpha value is -1.23. The molecule has 2 aromatic rings. The van der Waals surface area contributed by atoms with Crippen molar-refractivity contribution in [1.29, 1.82) is 0 Å². The highest BCUT2D eigenvalue weighted by molar-refractivity contribution is 7.13. The van der Waals surface area contributed by atoms with Crippen LogP contribution in [0.2, 0.25) is 0 Å². The fourth-order valence-electron chi connectivity index (χ4n) is 1.76. The zero-order chi connectivity index (χ0) is 13.5. The number of unbranched alkanes of at least 4 members (excludes halogenated alkanes) is 1. The predicted molar refractivity (Wildman–Crippen MR) is 80.0 cm³/mol. The fourth-order valence-corrected chi connectivity index (χ4v) is 2.59. The van der Waals surface area contributed by atoms with Crippen LogP contribution in [-0.4, -0.2) is 11.6 Å². The van der Waals surface area contributed by atoms with Gasteiger partial charge in [0.25, 0.3) is 0 Å². The lowest BCUT2D eigenvalue weighted by atomic mass is 10.1. The summed E-state index contributed by atoms with van der Waals surface area (Å²) in [4.78, 5) is 4.50. The quantitative estimate of drug-likeness (QED) is 0.786. The van der Waals surface area contributed by atoms with E-state index in [0.717, 1.165) is 29.3 Å². The van der Waals surface area contributed by atoms with Crippen LogP contribution >= 0.6 is 11.3 Å².